The molecule has 0 amide bonds. The summed E-state index contributed by atoms with van der Waals surface area (Å²) < 4.78 is 0. The van der Waals surface area contributed by atoms with E-state index < -0.39 is 0 Å². The van der Waals surface area contributed by atoms with Crippen molar-refractivity contribution < 1.29 is 0 Å². The maximum atomic E-state index is 5.43. The summed E-state index contributed by atoms with van der Waals surface area (Å²) in [7, 11) is 0. The quantitative estimate of drug-likeness (QED) is 0.531. The Kier molecular flexibility index (Phi) is 2.49. The van der Waals surface area contributed by atoms with Gasteiger partial charge in [0.25, 0.3) is 0 Å². The number of rotatable bonds is 1. The lowest BCUT2D eigenvalue weighted by atomic mass is 10.2. The van der Waals surface area contributed by atoms with E-state index in [0.29, 0.717) is 0 Å². The molecular weight excluding hydrogens is 86.1 g/mol. The molecule has 7 heavy (non-hydrogen) atoms. The van der Waals surface area contributed by atoms with Gasteiger partial charge in [-0.05, 0) is 20.3 Å². The van der Waals surface area contributed by atoms with E-state index in [1.165, 1.54) is 5.57 Å². The van der Waals surface area contributed by atoms with Gasteiger partial charge in [0.2, 0.25) is 0 Å². The molecule has 0 aliphatic heterocycles. The molecule has 0 aliphatic carbocycles. The average molecular weight is 99.2 g/mol. The third kappa shape index (κ3) is 2.26. The van der Waals surface area contributed by atoms with Gasteiger partial charge in [-0.15, -0.1) is 0 Å². The van der Waals surface area contributed by atoms with Gasteiger partial charge >= 0.3 is 0 Å². The predicted octanol–water partition coefficient (Wildman–Crippen LogP) is 1.65. The Hall–Kier alpha value is -0.460. The van der Waals surface area contributed by atoms with Crippen molar-refractivity contribution >= 4 is 0 Å². The molecule has 2 N–H and O–H groups in total. The molecule has 0 heterocycles. The van der Waals surface area contributed by atoms with Gasteiger partial charge in [0.05, 0.1) is 0 Å². The molecule has 0 aromatic heterocycles. The number of allylic oxidation sites excluding steroid dienone is 2. The van der Waals surface area contributed by atoms with E-state index in [2.05, 4.69) is 13.8 Å². The van der Waals surface area contributed by atoms with Gasteiger partial charge in [0, 0.05) is 5.70 Å². The second-order valence-electron chi connectivity index (χ2n) is 1.82. The topological polar surface area (TPSA) is 26.0 Å². The van der Waals surface area contributed by atoms with Crippen LogP contribution in [-0.4, -0.2) is 0 Å². The summed E-state index contributed by atoms with van der Waals surface area (Å²) in [6.45, 7) is 6.08. The minimum absolute atomic E-state index is 0.961. The molecule has 0 aliphatic rings. The highest BCUT2D eigenvalue weighted by Crippen LogP contribution is 1.99. The smallest absolute Gasteiger partial charge is 0.00378 e. The zero-order valence-electron chi connectivity index (χ0n) is 5.28. The lowest BCUT2D eigenvalue weighted by Gasteiger charge is -1.94. The van der Waals surface area contributed by atoms with Crippen LogP contribution in [0, 0.1) is 0 Å². The molecule has 0 atom stereocenters. The van der Waals surface area contributed by atoms with Crippen LogP contribution in [0.1, 0.15) is 27.2 Å². The first-order chi connectivity index (χ1) is 3.18. The Morgan fingerprint density at radius 1 is 1.43 bits per heavy atom. The Labute approximate surface area is 45.2 Å². The highest BCUT2D eigenvalue weighted by atomic mass is 14.6. The third-order valence-electron chi connectivity index (χ3n) is 1.20. The standard InChI is InChI=1S/C6H13N/c1-4-5(2)6(3)7/h4,7H2,1-3H3/b6-5+. The molecule has 42 valence electrons. The van der Waals surface area contributed by atoms with Crippen LogP contribution in [0.2, 0.25) is 0 Å². The van der Waals surface area contributed by atoms with Gasteiger partial charge < -0.3 is 5.73 Å². The summed E-state index contributed by atoms with van der Waals surface area (Å²) in [5.41, 5.74) is 7.68. The molecule has 0 saturated heterocycles. The molecule has 0 fully saturated rings. The van der Waals surface area contributed by atoms with Gasteiger partial charge in [0.1, 0.15) is 0 Å². The lowest BCUT2D eigenvalue weighted by molar-refractivity contribution is 1.04. The van der Waals surface area contributed by atoms with Crippen molar-refractivity contribution in [1.29, 1.82) is 0 Å². The first kappa shape index (κ1) is 6.54. The minimum atomic E-state index is 0.961. The summed E-state index contributed by atoms with van der Waals surface area (Å²) in [5.74, 6) is 0. The van der Waals surface area contributed by atoms with Crippen molar-refractivity contribution in [2.45, 2.75) is 27.2 Å². The van der Waals surface area contributed by atoms with Crippen molar-refractivity contribution in [2.24, 2.45) is 5.73 Å². The third-order valence-corrected chi connectivity index (χ3v) is 1.20. The highest BCUT2D eigenvalue weighted by molar-refractivity contribution is 5.03. The average Bonchev–Trinajstić information content (AvgIpc) is 1.65. The van der Waals surface area contributed by atoms with E-state index in [1.807, 2.05) is 6.92 Å². The van der Waals surface area contributed by atoms with E-state index in [9.17, 15) is 0 Å². The molecule has 1 heteroatoms. The van der Waals surface area contributed by atoms with Gasteiger partial charge in [0.15, 0.2) is 0 Å². The SMILES string of the molecule is CC/C(C)=C(\C)N. The van der Waals surface area contributed by atoms with E-state index in [-0.39, 0.29) is 0 Å². The van der Waals surface area contributed by atoms with Crippen molar-refractivity contribution in [1.82, 2.24) is 0 Å². The van der Waals surface area contributed by atoms with Crippen molar-refractivity contribution in [3.63, 3.8) is 0 Å². The monoisotopic (exact) mass is 99.1 g/mol. The minimum Gasteiger partial charge on any atom is -0.402 e. The second kappa shape index (κ2) is 2.67. The predicted molar refractivity (Wildman–Crippen MR) is 32.9 cm³/mol. The molecule has 0 bridgehead atoms. The van der Waals surface area contributed by atoms with Crippen LogP contribution in [0.25, 0.3) is 0 Å². The first-order valence-electron chi connectivity index (χ1n) is 2.60. The molecule has 0 aromatic rings. The van der Waals surface area contributed by atoms with E-state index in [1.54, 1.807) is 0 Å². The molecule has 0 unspecified atom stereocenters. The van der Waals surface area contributed by atoms with Gasteiger partial charge in [-0.25, -0.2) is 0 Å². The normalized spacial score (nSPS) is 13.6. The largest absolute Gasteiger partial charge is 0.402 e. The van der Waals surface area contributed by atoms with Crippen LogP contribution in [0.5, 0.6) is 0 Å². The number of nitrogens with two attached hydrogens (primary N) is 1. The van der Waals surface area contributed by atoms with Crippen LogP contribution in [0.15, 0.2) is 11.3 Å². The molecule has 0 radical (unpaired) electrons. The summed E-state index contributed by atoms with van der Waals surface area (Å²) in [6.07, 6.45) is 1.07. The van der Waals surface area contributed by atoms with Crippen LogP contribution < -0.4 is 5.73 Å². The lowest BCUT2D eigenvalue weighted by Crippen LogP contribution is -1.93. The summed E-state index contributed by atoms with van der Waals surface area (Å²) in [4.78, 5) is 0. The van der Waals surface area contributed by atoms with E-state index in [0.717, 1.165) is 12.1 Å². The van der Waals surface area contributed by atoms with Crippen LogP contribution >= 0.6 is 0 Å². The molecule has 1 nitrogen and oxygen atoms in total. The molecule has 0 spiro atoms. The fraction of sp³-hybridized carbons (Fsp3) is 0.667. The zero-order valence-corrected chi connectivity index (χ0v) is 5.28. The Morgan fingerprint density at radius 2 is 1.86 bits per heavy atom. The summed E-state index contributed by atoms with van der Waals surface area (Å²) in [6, 6.07) is 0. The fourth-order valence-corrected chi connectivity index (χ4v) is 0.279. The van der Waals surface area contributed by atoms with E-state index >= 15 is 0 Å². The maximum Gasteiger partial charge on any atom is 0.00378 e. The van der Waals surface area contributed by atoms with Gasteiger partial charge in [-0.1, -0.05) is 12.5 Å². The van der Waals surface area contributed by atoms with Crippen molar-refractivity contribution in [3.8, 4) is 0 Å². The van der Waals surface area contributed by atoms with Crippen molar-refractivity contribution in [2.75, 3.05) is 0 Å². The van der Waals surface area contributed by atoms with Crippen LogP contribution in [0.4, 0.5) is 0 Å². The van der Waals surface area contributed by atoms with Crippen molar-refractivity contribution in [3.05, 3.63) is 11.3 Å². The van der Waals surface area contributed by atoms with Crippen LogP contribution in [0.3, 0.4) is 0 Å². The zero-order chi connectivity index (χ0) is 5.86. The van der Waals surface area contributed by atoms with Gasteiger partial charge in [-0.3, -0.25) is 0 Å². The summed E-state index contributed by atoms with van der Waals surface area (Å²) in [5, 5.41) is 0. The highest BCUT2D eigenvalue weighted by Gasteiger charge is 1.83. The fourth-order valence-electron chi connectivity index (χ4n) is 0.279. The molecule has 0 aromatic carbocycles. The second-order valence-corrected chi connectivity index (χ2v) is 1.82. The Balaban J connectivity index is 3.72. The first-order valence-corrected chi connectivity index (χ1v) is 2.60. The Bertz CT molecular complexity index is 78.2. The maximum absolute atomic E-state index is 5.43. The molecule has 0 rings (SSSR count). The van der Waals surface area contributed by atoms with Crippen LogP contribution in [-0.2, 0) is 0 Å². The molecule has 0 saturated carbocycles. The number of hydrogen-bond acceptors (Lipinski definition) is 1. The van der Waals surface area contributed by atoms with Gasteiger partial charge in [-0.2, -0.15) is 0 Å². The van der Waals surface area contributed by atoms with E-state index in [4.69, 9.17) is 5.73 Å². The summed E-state index contributed by atoms with van der Waals surface area (Å²) >= 11 is 0. The molecular formula is C6H13N. The number of hydrogen-bond donors (Lipinski definition) is 1. The Morgan fingerprint density at radius 3 is 1.86 bits per heavy atom.